The van der Waals surface area contributed by atoms with Gasteiger partial charge in [0, 0.05) is 39.1 Å². The Balaban J connectivity index is 1.10. The van der Waals surface area contributed by atoms with Gasteiger partial charge in [0.05, 0.1) is 48.7 Å². The average molecular weight is 755 g/mol. The van der Waals surface area contributed by atoms with Crippen LogP contribution in [-0.4, -0.2) is 66.1 Å². The maximum atomic E-state index is 14.9. The zero-order valence-corrected chi connectivity index (χ0v) is 30.9. The van der Waals surface area contributed by atoms with E-state index >= 15 is 0 Å². The molecule has 4 heterocycles. The van der Waals surface area contributed by atoms with Crippen molar-refractivity contribution in [3.8, 4) is 0 Å². The number of amides is 3. The fourth-order valence-electron chi connectivity index (χ4n) is 9.15. The number of fused-ring (bicyclic) bond motifs is 2. The lowest BCUT2D eigenvalue weighted by Gasteiger charge is -2.33. The molecule has 11 heteroatoms. The van der Waals surface area contributed by atoms with Crippen LogP contribution in [0.4, 0.5) is 17.1 Å². The van der Waals surface area contributed by atoms with E-state index < -0.39 is 25.9 Å². The van der Waals surface area contributed by atoms with Gasteiger partial charge < -0.3 is 24.4 Å². The number of halogens is 1. The van der Waals surface area contributed by atoms with E-state index in [0.717, 1.165) is 56.3 Å². The lowest BCUT2D eigenvalue weighted by atomic mass is 9.82. The van der Waals surface area contributed by atoms with Gasteiger partial charge in [-0.05, 0) is 79.3 Å². The van der Waals surface area contributed by atoms with Crippen molar-refractivity contribution in [3.63, 3.8) is 0 Å². The molecule has 3 amide bonds. The van der Waals surface area contributed by atoms with E-state index in [-0.39, 0.29) is 48.9 Å². The second kappa shape index (κ2) is 12.1. The largest absolute Gasteiger partial charge is 0.432 e. The Bertz CT molecular complexity index is 2040. The second-order valence-corrected chi connectivity index (χ2v) is 19.6. The van der Waals surface area contributed by atoms with Crippen molar-refractivity contribution < 1.29 is 29.0 Å². The number of hydrogen-bond acceptors (Lipinski definition) is 6. The minimum Gasteiger partial charge on any atom is -0.432 e. The van der Waals surface area contributed by atoms with Crippen molar-refractivity contribution in [2.45, 2.75) is 69.1 Å². The first-order valence-corrected chi connectivity index (χ1v) is 21.1. The molecule has 50 heavy (non-hydrogen) atoms. The Morgan fingerprint density at radius 2 is 1.76 bits per heavy atom. The predicted octanol–water partition coefficient (Wildman–Crippen LogP) is 6.61. The van der Waals surface area contributed by atoms with Crippen LogP contribution in [0.2, 0.25) is 18.6 Å². The summed E-state index contributed by atoms with van der Waals surface area (Å²) < 4.78 is 7.69. The Morgan fingerprint density at radius 1 is 1.02 bits per heavy atom. The molecule has 0 radical (unpaired) electrons. The summed E-state index contributed by atoms with van der Waals surface area (Å²) in [6.07, 6.45) is 0.965. The number of ether oxygens (including phenoxy) is 1. The summed E-state index contributed by atoms with van der Waals surface area (Å²) in [4.78, 5) is 58.9. The van der Waals surface area contributed by atoms with Crippen molar-refractivity contribution >= 4 is 69.8 Å². The first-order chi connectivity index (χ1) is 23.9. The van der Waals surface area contributed by atoms with Gasteiger partial charge in [0.1, 0.15) is 0 Å². The summed E-state index contributed by atoms with van der Waals surface area (Å²) in [5.41, 5.74) is 2.86. The summed E-state index contributed by atoms with van der Waals surface area (Å²) in [5, 5.41) is 11.8. The SMILES string of the molecule is C[C@@H]1[C@@H]([Si](C)(C)O)[C@H](CC(=O)N2CCC[C@H]2CO)O[C@@]12C(=O)N(Cc1ccc(N3C(=O)c4cccc5cccc3c45)cc1)c1ccc(Br)cc12. The maximum Gasteiger partial charge on any atom is 0.264 e. The molecule has 4 aliphatic rings. The van der Waals surface area contributed by atoms with Gasteiger partial charge in [-0.2, -0.15) is 0 Å². The molecule has 2 saturated heterocycles. The molecule has 1 spiro atoms. The molecule has 2 fully saturated rings. The van der Waals surface area contributed by atoms with Gasteiger partial charge in [-0.1, -0.05) is 59.3 Å². The number of anilines is 3. The minimum absolute atomic E-state index is 0.0368. The monoisotopic (exact) mass is 753 g/mol. The topological polar surface area (TPSA) is 111 Å². The quantitative estimate of drug-likeness (QED) is 0.206. The van der Waals surface area contributed by atoms with Crippen LogP contribution >= 0.6 is 15.9 Å². The summed E-state index contributed by atoms with van der Waals surface area (Å²) >= 11 is 3.61. The van der Waals surface area contributed by atoms with Gasteiger partial charge in [-0.25, -0.2) is 0 Å². The van der Waals surface area contributed by atoms with Crippen LogP contribution in [0.1, 0.15) is 47.7 Å². The molecule has 0 aliphatic carbocycles. The van der Waals surface area contributed by atoms with E-state index in [2.05, 4.69) is 15.9 Å². The summed E-state index contributed by atoms with van der Waals surface area (Å²) in [6.45, 7) is 6.44. The minimum atomic E-state index is -2.96. The van der Waals surface area contributed by atoms with E-state index in [1.807, 2.05) is 98.9 Å². The van der Waals surface area contributed by atoms with E-state index in [4.69, 9.17) is 4.74 Å². The highest BCUT2D eigenvalue weighted by molar-refractivity contribution is 9.10. The summed E-state index contributed by atoms with van der Waals surface area (Å²) in [6, 6.07) is 25.0. The molecule has 0 unspecified atom stereocenters. The van der Waals surface area contributed by atoms with Gasteiger partial charge in [-0.3, -0.25) is 19.3 Å². The highest BCUT2D eigenvalue weighted by atomic mass is 79.9. The predicted molar refractivity (Wildman–Crippen MR) is 198 cm³/mol. The molecular weight excluding hydrogens is 714 g/mol. The molecule has 8 rings (SSSR count). The Morgan fingerprint density at radius 3 is 2.48 bits per heavy atom. The van der Waals surface area contributed by atoms with E-state index in [1.165, 1.54) is 0 Å². The number of benzene rings is 4. The van der Waals surface area contributed by atoms with Crippen molar-refractivity contribution in [2.24, 2.45) is 5.92 Å². The number of likely N-dealkylation sites (tertiary alicyclic amines) is 1. The van der Waals surface area contributed by atoms with Crippen LogP contribution in [0.25, 0.3) is 10.8 Å². The molecule has 4 aromatic carbocycles. The van der Waals surface area contributed by atoms with E-state index in [0.29, 0.717) is 12.1 Å². The molecule has 2 N–H and O–H groups in total. The standard InChI is InChI=1S/C39H40BrN3O6Si/c1-23-36(50(2,3)48)33(20-34(45)41-18-6-9-28(41)22-44)49-39(23)30-19-26(40)14-17-31(30)42(38(39)47)21-24-12-15-27(16-13-24)43-32-11-5-8-25-7-4-10-29(35(25)32)37(43)46/h4-5,7-8,10-17,19,23,28,33,36,44,48H,6,9,18,20-22H2,1-3H3/t23-,28+,33+,36-,39+/m1/s1. The molecular formula is C39H40BrN3O6Si. The van der Waals surface area contributed by atoms with Crippen LogP contribution in [-0.2, 0) is 26.5 Å². The van der Waals surface area contributed by atoms with Gasteiger partial charge in [0.25, 0.3) is 11.8 Å². The van der Waals surface area contributed by atoms with Crippen LogP contribution in [0.3, 0.4) is 0 Å². The van der Waals surface area contributed by atoms with Gasteiger partial charge in [0.15, 0.2) is 13.9 Å². The molecule has 0 saturated carbocycles. The van der Waals surface area contributed by atoms with E-state index in [9.17, 15) is 24.3 Å². The van der Waals surface area contributed by atoms with Gasteiger partial charge >= 0.3 is 0 Å². The molecule has 4 aromatic rings. The third-order valence-electron chi connectivity index (χ3n) is 11.3. The first-order valence-electron chi connectivity index (χ1n) is 17.3. The van der Waals surface area contributed by atoms with E-state index in [1.54, 1.807) is 14.7 Å². The van der Waals surface area contributed by atoms with Crippen LogP contribution in [0.5, 0.6) is 0 Å². The van der Waals surface area contributed by atoms with Crippen molar-refractivity contribution in [1.82, 2.24) is 4.90 Å². The zero-order chi connectivity index (χ0) is 35.1. The third-order valence-corrected chi connectivity index (χ3v) is 14.3. The third kappa shape index (κ3) is 5.00. The highest BCUT2D eigenvalue weighted by Crippen LogP contribution is 2.60. The van der Waals surface area contributed by atoms with Crippen LogP contribution < -0.4 is 9.80 Å². The number of hydrogen-bond donors (Lipinski definition) is 2. The molecule has 9 nitrogen and oxygen atoms in total. The second-order valence-electron chi connectivity index (χ2n) is 14.7. The zero-order valence-electron chi connectivity index (χ0n) is 28.3. The Labute approximate surface area is 300 Å². The van der Waals surface area contributed by atoms with Crippen LogP contribution in [0.15, 0.2) is 83.3 Å². The number of carbonyl (C=O) groups is 3. The lowest BCUT2D eigenvalue weighted by Crippen LogP contribution is -2.46. The highest BCUT2D eigenvalue weighted by Gasteiger charge is 2.66. The number of rotatable bonds is 7. The molecule has 4 aliphatic heterocycles. The maximum absolute atomic E-state index is 14.9. The molecule has 5 atom stereocenters. The smallest absolute Gasteiger partial charge is 0.264 e. The molecule has 0 bridgehead atoms. The molecule has 258 valence electrons. The first kappa shape index (κ1) is 33.3. The van der Waals surface area contributed by atoms with Crippen LogP contribution in [0, 0.1) is 5.92 Å². The normalized spacial score (nSPS) is 25.8. The number of carbonyl (C=O) groups excluding carboxylic acids is 3. The summed E-state index contributed by atoms with van der Waals surface area (Å²) in [5.74, 6) is -0.807. The Kier molecular flexibility index (Phi) is 8.07. The molecule has 0 aromatic heterocycles. The Hall–Kier alpha value is -3.87. The number of aliphatic hydroxyl groups is 1. The van der Waals surface area contributed by atoms with Crippen molar-refractivity contribution in [3.05, 3.63) is 100 Å². The fourth-order valence-corrected chi connectivity index (χ4v) is 12.1. The van der Waals surface area contributed by atoms with Gasteiger partial charge in [-0.15, -0.1) is 0 Å². The summed E-state index contributed by atoms with van der Waals surface area (Å²) in [7, 11) is -2.96. The fraction of sp³-hybridized carbons (Fsp3) is 0.359. The lowest BCUT2D eigenvalue weighted by molar-refractivity contribution is -0.150. The number of aliphatic hydroxyl groups excluding tert-OH is 1. The van der Waals surface area contributed by atoms with Crippen molar-refractivity contribution in [2.75, 3.05) is 23.0 Å². The number of nitrogens with zero attached hydrogens (tertiary/aromatic N) is 3. The average Bonchev–Trinajstić information content (AvgIpc) is 3.82. The van der Waals surface area contributed by atoms with Crippen molar-refractivity contribution in [1.29, 1.82) is 0 Å². The van der Waals surface area contributed by atoms with Gasteiger partial charge in [0.2, 0.25) is 5.91 Å².